The molecule has 1 heterocycles. The molecule has 3 rings (SSSR count). The Morgan fingerprint density at radius 3 is 2.44 bits per heavy atom. The van der Waals surface area contributed by atoms with E-state index >= 15 is 0 Å². The van der Waals surface area contributed by atoms with E-state index in [2.05, 4.69) is 29.3 Å². The molecule has 1 unspecified atom stereocenters. The van der Waals surface area contributed by atoms with Crippen LogP contribution in [0.1, 0.15) is 29.9 Å². The summed E-state index contributed by atoms with van der Waals surface area (Å²) in [5.41, 5.74) is 2.34. The van der Waals surface area contributed by atoms with Crippen LogP contribution in [-0.4, -0.2) is 33.8 Å². The van der Waals surface area contributed by atoms with E-state index in [-0.39, 0.29) is 11.7 Å². The van der Waals surface area contributed by atoms with Crippen LogP contribution in [0.3, 0.4) is 0 Å². The predicted octanol–water partition coefficient (Wildman–Crippen LogP) is 4.17. The Labute approximate surface area is 163 Å². The van der Waals surface area contributed by atoms with Crippen LogP contribution < -0.4 is 0 Å². The van der Waals surface area contributed by atoms with E-state index in [9.17, 15) is 4.79 Å². The molecule has 3 aromatic rings. The Morgan fingerprint density at radius 1 is 1.07 bits per heavy atom. The van der Waals surface area contributed by atoms with Crippen molar-refractivity contribution in [2.75, 3.05) is 12.8 Å². The Kier molecular flexibility index (Phi) is 6.65. The maximum absolute atomic E-state index is 12.3. The maximum Gasteiger partial charge on any atom is 0.277 e. The number of aromatic nitrogens is 2. The van der Waals surface area contributed by atoms with E-state index < -0.39 is 0 Å². The number of carbonyl (C=O) groups is 1. The zero-order valence-corrected chi connectivity index (χ0v) is 16.4. The lowest BCUT2D eigenvalue weighted by Gasteiger charge is -2.16. The van der Waals surface area contributed by atoms with Gasteiger partial charge in [0.2, 0.25) is 11.8 Å². The Balaban J connectivity index is 1.48. The van der Waals surface area contributed by atoms with Gasteiger partial charge in [0, 0.05) is 20.0 Å². The van der Waals surface area contributed by atoms with Crippen LogP contribution in [0.25, 0.3) is 0 Å². The van der Waals surface area contributed by atoms with Crippen LogP contribution in [0, 0.1) is 0 Å². The Morgan fingerprint density at radius 2 is 1.74 bits per heavy atom. The van der Waals surface area contributed by atoms with E-state index in [4.69, 9.17) is 4.42 Å². The number of rotatable bonds is 8. The molecule has 27 heavy (non-hydrogen) atoms. The van der Waals surface area contributed by atoms with Crippen molar-refractivity contribution >= 4 is 17.7 Å². The normalized spacial score (nSPS) is 11.9. The second kappa shape index (κ2) is 9.37. The minimum Gasteiger partial charge on any atom is -0.416 e. The molecule has 0 aliphatic carbocycles. The quantitative estimate of drug-likeness (QED) is 0.548. The van der Waals surface area contributed by atoms with Gasteiger partial charge in [-0.05, 0) is 17.0 Å². The minimum atomic E-state index is 0.0289. The maximum atomic E-state index is 12.3. The van der Waals surface area contributed by atoms with Gasteiger partial charge in [-0.3, -0.25) is 4.79 Å². The second-order valence-corrected chi connectivity index (χ2v) is 7.43. The lowest BCUT2D eigenvalue weighted by atomic mass is 9.98. The average Bonchev–Trinajstić information content (AvgIpc) is 3.14. The molecule has 5 nitrogen and oxygen atoms in total. The molecular formula is C21H23N3O2S. The predicted molar refractivity (Wildman–Crippen MR) is 106 cm³/mol. The van der Waals surface area contributed by atoms with Crippen molar-refractivity contribution in [1.29, 1.82) is 0 Å². The van der Waals surface area contributed by atoms with Gasteiger partial charge in [-0.15, -0.1) is 10.2 Å². The summed E-state index contributed by atoms with van der Waals surface area (Å²) in [6.07, 6.45) is 0.680. The smallest absolute Gasteiger partial charge is 0.277 e. The van der Waals surface area contributed by atoms with Gasteiger partial charge in [-0.25, -0.2) is 0 Å². The summed E-state index contributed by atoms with van der Waals surface area (Å²) < 4.78 is 5.69. The Hall–Kier alpha value is -2.60. The third-order valence-corrected chi connectivity index (χ3v) is 5.11. The number of nitrogens with zero attached hydrogens (tertiary/aromatic N) is 3. The lowest BCUT2D eigenvalue weighted by molar-refractivity contribution is -0.127. The number of benzene rings is 2. The first-order valence-corrected chi connectivity index (χ1v) is 9.88. The third-order valence-electron chi connectivity index (χ3n) is 4.31. The van der Waals surface area contributed by atoms with Gasteiger partial charge < -0.3 is 9.32 Å². The van der Waals surface area contributed by atoms with Crippen molar-refractivity contribution in [3.63, 3.8) is 0 Å². The fourth-order valence-electron chi connectivity index (χ4n) is 2.72. The highest BCUT2D eigenvalue weighted by Gasteiger charge is 2.15. The topological polar surface area (TPSA) is 59.2 Å². The lowest BCUT2D eigenvalue weighted by Crippen LogP contribution is -2.27. The number of amides is 1. The molecule has 0 spiro atoms. The summed E-state index contributed by atoms with van der Waals surface area (Å²) in [4.78, 5) is 14.0. The zero-order valence-electron chi connectivity index (χ0n) is 15.5. The van der Waals surface area contributed by atoms with Crippen LogP contribution >= 0.6 is 11.8 Å². The van der Waals surface area contributed by atoms with Gasteiger partial charge in [0.15, 0.2) is 0 Å². The van der Waals surface area contributed by atoms with Crippen LogP contribution in [0.2, 0.25) is 0 Å². The van der Waals surface area contributed by atoms with Crippen molar-refractivity contribution in [3.05, 3.63) is 77.7 Å². The molecule has 2 aromatic carbocycles. The van der Waals surface area contributed by atoms with Gasteiger partial charge in [0.05, 0.1) is 5.75 Å². The number of hydrogen-bond donors (Lipinski definition) is 0. The fraction of sp³-hybridized carbons (Fsp3) is 0.286. The summed E-state index contributed by atoms with van der Waals surface area (Å²) in [6.45, 7) is 2.72. The molecule has 0 bridgehead atoms. The van der Waals surface area contributed by atoms with E-state index in [0.29, 0.717) is 30.0 Å². The largest absolute Gasteiger partial charge is 0.416 e. The van der Waals surface area contributed by atoms with Crippen molar-refractivity contribution in [2.24, 2.45) is 0 Å². The van der Waals surface area contributed by atoms with E-state index in [0.717, 1.165) is 5.56 Å². The van der Waals surface area contributed by atoms with Crippen molar-refractivity contribution in [3.8, 4) is 0 Å². The molecule has 0 aliphatic heterocycles. The molecule has 0 saturated heterocycles. The van der Waals surface area contributed by atoms with Crippen LogP contribution in [0.15, 0.2) is 70.3 Å². The van der Waals surface area contributed by atoms with Crippen LogP contribution in [0.4, 0.5) is 0 Å². The molecular weight excluding hydrogens is 358 g/mol. The van der Waals surface area contributed by atoms with Gasteiger partial charge in [-0.2, -0.15) is 0 Å². The highest BCUT2D eigenvalue weighted by atomic mass is 32.2. The molecule has 0 aliphatic rings. The second-order valence-electron chi connectivity index (χ2n) is 6.50. The number of thioether (sulfide) groups is 1. The van der Waals surface area contributed by atoms with Crippen molar-refractivity contribution < 1.29 is 9.21 Å². The Bertz CT molecular complexity index is 852. The first-order valence-electron chi connectivity index (χ1n) is 8.90. The molecule has 140 valence electrons. The van der Waals surface area contributed by atoms with Crippen LogP contribution in [-0.2, 0) is 17.8 Å². The SMILES string of the molecule is CC(Cc1nnc(SCC(=O)N(C)Cc2ccccc2)o1)c1ccccc1. The van der Waals surface area contributed by atoms with Gasteiger partial charge in [0.1, 0.15) is 0 Å². The summed E-state index contributed by atoms with van der Waals surface area (Å²) in [6, 6.07) is 20.2. The molecule has 1 amide bonds. The molecule has 0 N–H and O–H groups in total. The van der Waals surface area contributed by atoms with E-state index in [1.165, 1.54) is 17.3 Å². The van der Waals surface area contributed by atoms with Gasteiger partial charge >= 0.3 is 0 Å². The first-order chi connectivity index (χ1) is 13.1. The van der Waals surface area contributed by atoms with E-state index in [1.807, 2.05) is 48.5 Å². The highest BCUT2D eigenvalue weighted by molar-refractivity contribution is 7.99. The van der Waals surface area contributed by atoms with Gasteiger partial charge in [-0.1, -0.05) is 79.3 Å². The number of hydrogen-bond acceptors (Lipinski definition) is 5. The molecule has 1 atom stereocenters. The third kappa shape index (κ3) is 5.69. The van der Waals surface area contributed by atoms with Crippen molar-refractivity contribution in [2.45, 2.75) is 31.0 Å². The summed E-state index contributed by atoms with van der Waals surface area (Å²) in [5.74, 6) is 1.20. The first kappa shape index (κ1) is 19.2. The van der Waals surface area contributed by atoms with Gasteiger partial charge in [0.25, 0.3) is 5.22 Å². The zero-order chi connectivity index (χ0) is 19.1. The summed E-state index contributed by atoms with van der Waals surface area (Å²) in [5, 5.41) is 8.60. The molecule has 0 radical (unpaired) electrons. The molecule has 1 aromatic heterocycles. The minimum absolute atomic E-state index is 0.0289. The summed E-state index contributed by atoms with van der Waals surface area (Å²) in [7, 11) is 1.80. The summed E-state index contributed by atoms with van der Waals surface area (Å²) >= 11 is 1.28. The van der Waals surface area contributed by atoms with Crippen molar-refractivity contribution in [1.82, 2.24) is 15.1 Å². The van der Waals surface area contributed by atoms with Crippen LogP contribution in [0.5, 0.6) is 0 Å². The molecule has 6 heteroatoms. The average molecular weight is 382 g/mol. The molecule has 0 fully saturated rings. The molecule has 0 saturated carbocycles. The fourth-order valence-corrected chi connectivity index (χ4v) is 3.44. The number of carbonyl (C=O) groups excluding carboxylic acids is 1. The van der Waals surface area contributed by atoms with E-state index in [1.54, 1.807) is 11.9 Å². The monoisotopic (exact) mass is 381 g/mol. The highest BCUT2D eigenvalue weighted by Crippen LogP contribution is 2.22. The standard InChI is InChI=1S/C21H23N3O2S/c1-16(18-11-7-4-8-12-18)13-19-22-23-21(26-19)27-15-20(25)24(2)14-17-9-5-3-6-10-17/h3-12,16H,13-15H2,1-2H3.